The molecule has 2 aromatic carbocycles. The van der Waals surface area contributed by atoms with E-state index in [0.29, 0.717) is 28.3 Å². The Morgan fingerprint density at radius 1 is 1.00 bits per heavy atom. The zero-order chi connectivity index (χ0) is 24.4. The first-order chi connectivity index (χ1) is 17.0. The summed E-state index contributed by atoms with van der Waals surface area (Å²) in [6.45, 7) is 2.74. The van der Waals surface area contributed by atoms with E-state index in [4.69, 9.17) is 17.3 Å². The number of primary amides is 1. The number of amides is 1. The van der Waals surface area contributed by atoms with E-state index in [0.717, 1.165) is 27.6 Å². The second-order valence-electron chi connectivity index (χ2n) is 7.88. The summed E-state index contributed by atoms with van der Waals surface area (Å²) in [5.41, 5.74) is 9.42. The van der Waals surface area contributed by atoms with E-state index in [1.165, 1.54) is 17.5 Å². The number of halogens is 1. The summed E-state index contributed by atoms with van der Waals surface area (Å²) < 4.78 is 0. The molecule has 8 nitrogen and oxygen atoms in total. The van der Waals surface area contributed by atoms with Gasteiger partial charge in [-0.1, -0.05) is 41.1 Å². The van der Waals surface area contributed by atoms with Crippen LogP contribution >= 0.6 is 22.9 Å². The van der Waals surface area contributed by atoms with Crippen LogP contribution in [-0.2, 0) is 0 Å². The number of hydrogen-bond acceptors (Lipinski definition) is 8. The Morgan fingerprint density at radius 3 is 2.43 bits per heavy atom. The molecule has 4 N–H and O–H groups in total. The molecule has 10 heteroatoms. The van der Waals surface area contributed by atoms with Gasteiger partial charge in [0.15, 0.2) is 5.13 Å². The number of nitrogens with one attached hydrogen (secondary N) is 2. The Kier molecular flexibility index (Phi) is 6.26. The third-order valence-corrected chi connectivity index (χ3v) is 6.64. The van der Waals surface area contributed by atoms with E-state index in [-0.39, 0.29) is 0 Å². The third-order valence-electron chi connectivity index (χ3n) is 5.41. The number of para-hydroxylation sites is 1. The molecular weight excluding hydrogens is 482 g/mol. The van der Waals surface area contributed by atoms with Crippen molar-refractivity contribution in [3.8, 4) is 0 Å². The van der Waals surface area contributed by atoms with Crippen LogP contribution in [0.25, 0.3) is 0 Å². The number of benzene rings is 2. The van der Waals surface area contributed by atoms with E-state index < -0.39 is 5.91 Å². The lowest BCUT2D eigenvalue weighted by Crippen LogP contribution is -2.25. The van der Waals surface area contributed by atoms with Crippen LogP contribution in [0, 0.1) is 6.92 Å². The van der Waals surface area contributed by atoms with Crippen LogP contribution in [0.1, 0.15) is 15.2 Å². The van der Waals surface area contributed by atoms with Crippen LogP contribution in [0.4, 0.5) is 33.8 Å². The first kappa shape index (κ1) is 22.7. The van der Waals surface area contributed by atoms with Gasteiger partial charge in [0.05, 0.1) is 23.6 Å². The van der Waals surface area contributed by atoms with E-state index in [1.54, 1.807) is 0 Å². The van der Waals surface area contributed by atoms with Crippen molar-refractivity contribution in [1.29, 1.82) is 0 Å². The summed E-state index contributed by atoms with van der Waals surface area (Å²) in [6, 6.07) is 19.6. The number of carbonyl (C=O) groups is 1. The highest BCUT2D eigenvalue weighted by Crippen LogP contribution is 2.33. The monoisotopic (exact) mass is 503 g/mol. The summed E-state index contributed by atoms with van der Waals surface area (Å²) in [6.07, 6.45) is 5.53. The summed E-state index contributed by atoms with van der Waals surface area (Å²) in [4.78, 5) is 24.7. The second kappa shape index (κ2) is 9.65. The molecule has 0 bridgehead atoms. The van der Waals surface area contributed by atoms with Gasteiger partial charge in [-0.15, -0.1) is 0 Å². The Morgan fingerprint density at radius 2 is 1.71 bits per heavy atom. The van der Waals surface area contributed by atoms with Crippen molar-refractivity contribution >= 4 is 62.7 Å². The SMILES string of the molecule is Cc1cccc(Cl)c1N1C=CN(c2ccc(Nc3cccc(Nc4ncc(C(N)=O)s4)n3)cc2)C1. The maximum atomic E-state index is 11.3. The maximum absolute atomic E-state index is 11.3. The highest BCUT2D eigenvalue weighted by Gasteiger charge is 2.19. The van der Waals surface area contributed by atoms with Crippen molar-refractivity contribution in [1.82, 2.24) is 9.97 Å². The topological polar surface area (TPSA) is 99.4 Å². The first-order valence-corrected chi connectivity index (χ1v) is 12.0. The number of nitrogens with two attached hydrogens (primary N) is 1. The number of pyridine rings is 1. The van der Waals surface area contributed by atoms with Crippen LogP contribution in [0.15, 0.2) is 79.3 Å². The van der Waals surface area contributed by atoms with Gasteiger partial charge in [-0.2, -0.15) is 0 Å². The number of nitrogens with zero attached hydrogens (tertiary/aromatic N) is 4. The molecule has 1 aliphatic rings. The Labute approximate surface area is 211 Å². The van der Waals surface area contributed by atoms with Crippen molar-refractivity contribution in [2.24, 2.45) is 5.73 Å². The molecule has 4 aromatic rings. The van der Waals surface area contributed by atoms with Gasteiger partial charge in [0.25, 0.3) is 5.91 Å². The fourth-order valence-electron chi connectivity index (χ4n) is 3.73. The molecule has 5 rings (SSSR count). The third kappa shape index (κ3) is 5.06. The van der Waals surface area contributed by atoms with Crippen molar-refractivity contribution in [2.75, 3.05) is 27.1 Å². The molecule has 0 unspecified atom stereocenters. The highest BCUT2D eigenvalue weighted by molar-refractivity contribution is 7.17. The minimum atomic E-state index is -0.501. The molecule has 0 aliphatic carbocycles. The molecule has 0 saturated carbocycles. The lowest BCUT2D eigenvalue weighted by atomic mass is 10.2. The second-order valence-corrected chi connectivity index (χ2v) is 9.32. The number of carbonyl (C=O) groups excluding carboxylic acids is 1. The summed E-state index contributed by atoms with van der Waals surface area (Å²) in [5, 5.41) is 7.70. The summed E-state index contributed by atoms with van der Waals surface area (Å²) in [5.74, 6) is 0.781. The van der Waals surface area contributed by atoms with Gasteiger partial charge in [0.1, 0.15) is 16.5 Å². The number of aryl methyl sites for hydroxylation is 1. The standard InChI is InChI=1S/C25H22ClN7OS/c1-16-4-2-5-19(26)23(16)33-13-12-32(15-33)18-10-8-17(9-11-18)29-21-6-3-7-22(30-21)31-25-28-14-20(35-25)24(27)34/h2-14H,15H2,1H3,(H2,27,34)(H2,28,29,30,31). The van der Waals surface area contributed by atoms with Crippen LogP contribution in [0.3, 0.4) is 0 Å². The minimum absolute atomic E-state index is 0.389. The van der Waals surface area contributed by atoms with Gasteiger partial charge in [0, 0.05) is 23.8 Å². The van der Waals surface area contributed by atoms with Gasteiger partial charge < -0.3 is 26.2 Å². The average molecular weight is 504 g/mol. The maximum Gasteiger partial charge on any atom is 0.260 e. The van der Waals surface area contributed by atoms with Crippen molar-refractivity contribution in [2.45, 2.75) is 6.92 Å². The lowest BCUT2D eigenvalue weighted by Gasteiger charge is -2.24. The fraction of sp³-hybridized carbons (Fsp3) is 0.0800. The average Bonchev–Trinajstić information content (AvgIpc) is 3.50. The molecule has 1 aliphatic heterocycles. The lowest BCUT2D eigenvalue weighted by molar-refractivity contribution is 0.100. The smallest absolute Gasteiger partial charge is 0.260 e. The largest absolute Gasteiger partial charge is 0.365 e. The molecule has 0 atom stereocenters. The predicted molar refractivity (Wildman–Crippen MR) is 143 cm³/mol. The predicted octanol–water partition coefficient (Wildman–Crippen LogP) is 5.84. The molecule has 0 fully saturated rings. The van der Waals surface area contributed by atoms with E-state index in [9.17, 15) is 4.79 Å². The van der Waals surface area contributed by atoms with E-state index >= 15 is 0 Å². The Hall–Kier alpha value is -4.08. The van der Waals surface area contributed by atoms with Crippen LogP contribution in [0.5, 0.6) is 0 Å². The summed E-state index contributed by atoms with van der Waals surface area (Å²) >= 11 is 7.62. The summed E-state index contributed by atoms with van der Waals surface area (Å²) in [7, 11) is 0. The van der Waals surface area contributed by atoms with Gasteiger partial charge in [-0.25, -0.2) is 9.97 Å². The minimum Gasteiger partial charge on any atom is -0.365 e. The Balaban J connectivity index is 1.23. The normalized spacial score (nSPS) is 12.7. The molecule has 35 heavy (non-hydrogen) atoms. The quantitative estimate of drug-likeness (QED) is 0.291. The molecule has 3 heterocycles. The number of anilines is 6. The van der Waals surface area contributed by atoms with Gasteiger partial charge in [-0.3, -0.25) is 4.79 Å². The van der Waals surface area contributed by atoms with Gasteiger partial charge in [-0.05, 0) is 55.0 Å². The van der Waals surface area contributed by atoms with Crippen LogP contribution in [0.2, 0.25) is 5.02 Å². The van der Waals surface area contributed by atoms with Crippen LogP contribution in [-0.4, -0.2) is 22.5 Å². The molecule has 176 valence electrons. The molecule has 1 amide bonds. The number of rotatable bonds is 7. The van der Waals surface area contributed by atoms with Gasteiger partial charge in [0.2, 0.25) is 0 Å². The number of hydrogen-bond donors (Lipinski definition) is 3. The highest BCUT2D eigenvalue weighted by atomic mass is 35.5. The molecule has 0 spiro atoms. The van der Waals surface area contributed by atoms with Crippen molar-refractivity contribution in [3.05, 3.63) is 94.7 Å². The van der Waals surface area contributed by atoms with Crippen molar-refractivity contribution in [3.63, 3.8) is 0 Å². The van der Waals surface area contributed by atoms with Crippen LogP contribution < -0.4 is 26.2 Å². The Bertz CT molecular complexity index is 1380. The van der Waals surface area contributed by atoms with E-state index in [1.807, 2.05) is 54.9 Å². The molecule has 2 aromatic heterocycles. The van der Waals surface area contributed by atoms with Gasteiger partial charge >= 0.3 is 0 Å². The molecular formula is C25H22ClN7OS. The number of thiazole rings is 1. The van der Waals surface area contributed by atoms with Crippen molar-refractivity contribution < 1.29 is 4.79 Å². The molecule has 0 radical (unpaired) electrons. The zero-order valence-electron chi connectivity index (χ0n) is 18.8. The fourth-order valence-corrected chi connectivity index (χ4v) is 4.74. The number of aromatic nitrogens is 2. The molecule has 0 saturated heterocycles. The van der Waals surface area contributed by atoms with E-state index in [2.05, 4.69) is 55.5 Å². The first-order valence-electron chi connectivity index (χ1n) is 10.8. The zero-order valence-corrected chi connectivity index (χ0v) is 20.3.